The van der Waals surface area contributed by atoms with Gasteiger partial charge < -0.3 is 14.6 Å². The van der Waals surface area contributed by atoms with Crippen LogP contribution in [0.4, 0.5) is 0 Å². The number of methoxy groups -OCH3 is 1. The summed E-state index contributed by atoms with van der Waals surface area (Å²) in [6, 6.07) is -0.384. The minimum atomic E-state index is -0.744. The zero-order chi connectivity index (χ0) is 13.4. The van der Waals surface area contributed by atoms with E-state index in [2.05, 4.69) is 4.90 Å². The molecule has 1 aliphatic heterocycles. The standard InChI is InChI=1S/C12H24N2O4/c1-11(12(15)16)14-5-3-13(4-6-14)7-8-18-10-9-17-2/h11H,3-10H2,1-2H3,(H,15,16). The van der Waals surface area contributed by atoms with E-state index in [1.165, 1.54) is 0 Å². The summed E-state index contributed by atoms with van der Waals surface area (Å²) < 4.78 is 10.3. The van der Waals surface area contributed by atoms with Crippen LogP contribution < -0.4 is 0 Å². The van der Waals surface area contributed by atoms with Gasteiger partial charge in [0, 0.05) is 39.8 Å². The molecule has 1 N–H and O–H groups in total. The average Bonchev–Trinajstić information content (AvgIpc) is 2.38. The lowest BCUT2D eigenvalue weighted by Crippen LogP contribution is -2.52. The van der Waals surface area contributed by atoms with Crippen LogP contribution in [-0.4, -0.2) is 86.6 Å². The van der Waals surface area contributed by atoms with E-state index < -0.39 is 5.97 Å². The topological polar surface area (TPSA) is 62.2 Å². The van der Waals surface area contributed by atoms with E-state index in [1.807, 2.05) is 4.90 Å². The van der Waals surface area contributed by atoms with Crippen LogP contribution in [-0.2, 0) is 14.3 Å². The van der Waals surface area contributed by atoms with Crippen molar-refractivity contribution in [1.29, 1.82) is 0 Å². The minimum Gasteiger partial charge on any atom is -0.480 e. The zero-order valence-electron chi connectivity index (χ0n) is 11.3. The van der Waals surface area contributed by atoms with Gasteiger partial charge in [-0.05, 0) is 6.92 Å². The number of hydrogen-bond donors (Lipinski definition) is 1. The van der Waals surface area contributed by atoms with Crippen molar-refractivity contribution in [3.8, 4) is 0 Å². The third-order valence-corrected chi connectivity index (χ3v) is 3.30. The number of ether oxygens (including phenoxy) is 2. The molecule has 0 bridgehead atoms. The van der Waals surface area contributed by atoms with Crippen LogP contribution in [0.15, 0.2) is 0 Å². The van der Waals surface area contributed by atoms with Crippen LogP contribution in [0.2, 0.25) is 0 Å². The first-order valence-electron chi connectivity index (χ1n) is 6.41. The SMILES string of the molecule is COCCOCCN1CCN(C(C)C(=O)O)CC1. The smallest absolute Gasteiger partial charge is 0.320 e. The molecule has 6 nitrogen and oxygen atoms in total. The van der Waals surface area contributed by atoms with Gasteiger partial charge in [0.05, 0.1) is 19.8 Å². The Balaban J connectivity index is 2.10. The van der Waals surface area contributed by atoms with E-state index in [1.54, 1.807) is 14.0 Å². The first kappa shape index (κ1) is 15.4. The molecule has 1 rings (SSSR count). The molecule has 0 aromatic carbocycles. The largest absolute Gasteiger partial charge is 0.480 e. The van der Waals surface area contributed by atoms with E-state index in [-0.39, 0.29) is 6.04 Å². The summed E-state index contributed by atoms with van der Waals surface area (Å²) in [6.45, 7) is 8.05. The van der Waals surface area contributed by atoms with E-state index in [9.17, 15) is 4.79 Å². The molecule has 1 heterocycles. The molecule has 0 aliphatic carbocycles. The van der Waals surface area contributed by atoms with E-state index in [0.29, 0.717) is 19.8 Å². The van der Waals surface area contributed by atoms with Crippen LogP contribution in [0.3, 0.4) is 0 Å². The third kappa shape index (κ3) is 5.30. The summed E-state index contributed by atoms with van der Waals surface area (Å²) in [5, 5.41) is 8.94. The van der Waals surface area contributed by atoms with E-state index in [4.69, 9.17) is 14.6 Å². The van der Waals surface area contributed by atoms with E-state index in [0.717, 1.165) is 32.7 Å². The number of piperazine rings is 1. The number of carbonyl (C=O) groups is 1. The Kier molecular flexibility index (Phi) is 7.19. The maximum absolute atomic E-state index is 10.9. The molecule has 18 heavy (non-hydrogen) atoms. The normalized spacial score (nSPS) is 19.9. The van der Waals surface area contributed by atoms with Crippen LogP contribution in [0.5, 0.6) is 0 Å². The summed E-state index contributed by atoms with van der Waals surface area (Å²) in [4.78, 5) is 15.2. The van der Waals surface area contributed by atoms with Gasteiger partial charge in [-0.2, -0.15) is 0 Å². The Hall–Kier alpha value is -0.690. The quantitative estimate of drug-likeness (QED) is 0.607. The summed E-state index contributed by atoms with van der Waals surface area (Å²) in [5.74, 6) is -0.744. The molecule has 0 amide bonds. The molecule has 0 aromatic heterocycles. The Morgan fingerprint density at radius 1 is 1.22 bits per heavy atom. The van der Waals surface area contributed by atoms with Gasteiger partial charge in [0.2, 0.25) is 0 Å². The number of hydrogen-bond acceptors (Lipinski definition) is 5. The van der Waals surface area contributed by atoms with Gasteiger partial charge in [0.1, 0.15) is 6.04 Å². The van der Waals surface area contributed by atoms with E-state index >= 15 is 0 Å². The molecule has 0 saturated carbocycles. The predicted molar refractivity (Wildman–Crippen MR) is 67.8 cm³/mol. The number of rotatable bonds is 8. The molecular weight excluding hydrogens is 236 g/mol. The van der Waals surface area contributed by atoms with Gasteiger partial charge in [0.25, 0.3) is 0 Å². The Bertz CT molecular complexity index is 242. The molecule has 1 fully saturated rings. The number of aliphatic carboxylic acids is 1. The first-order chi connectivity index (χ1) is 8.65. The highest BCUT2D eigenvalue weighted by Gasteiger charge is 2.24. The second-order valence-electron chi connectivity index (χ2n) is 4.50. The second kappa shape index (κ2) is 8.42. The summed E-state index contributed by atoms with van der Waals surface area (Å²) in [6.07, 6.45) is 0. The lowest BCUT2D eigenvalue weighted by atomic mass is 10.2. The first-order valence-corrected chi connectivity index (χ1v) is 6.41. The van der Waals surface area contributed by atoms with Gasteiger partial charge in [-0.15, -0.1) is 0 Å². The molecule has 0 aromatic rings. The van der Waals surface area contributed by atoms with Crippen molar-refractivity contribution in [2.75, 3.05) is 59.7 Å². The lowest BCUT2D eigenvalue weighted by molar-refractivity contribution is -0.143. The number of nitrogens with zero attached hydrogens (tertiary/aromatic N) is 2. The van der Waals surface area contributed by atoms with Crippen molar-refractivity contribution in [2.45, 2.75) is 13.0 Å². The summed E-state index contributed by atoms with van der Waals surface area (Å²) in [5.41, 5.74) is 0. The van der Waals surface area contributed by atoms with Gasteiger partial charge >= 0.3 is 5.97 Å². The van der Waals surface area contributed by atoms with Gasteiger partial charge in [-0.1, -0.05) is 0 Å². The fourth-order valence-corrected chi connectivity index (χ4v) is 1.97. The fourth-order valence-electron chi connectivity index (χ4n) is 1.97. The molecule has 1 unspecified atom stereocenters. The average molecular weight is 260 g/mol. The van der Waals surface area contributed by atoms with Crippen molar-refractivity contribution in [1.82, 2.24) is 9.80 Å². The highest BCUT2D eigenvalue weighted by molar-refractivity contribution is 5.72. The Labute approximate surface area is 108 Å². The third-order valence-electron chi connectivity index (χ3n) is 3.30. The van der Waals surface area contributed by atoms with Crippen molar-refractivity contribution in [2.24, 2.45) is 0 Å². The van der Waals surface area contributed by atoms with Gasteiger partial charge in [-0.3, -0.25) is 14.6 Å². The van der Waals surface area contributed by atoms with Crippen molar-refractivity contribution >= 4 is 5.97 Å². The fraction of sp³-hybridized carbons (Fsp3) is 0.917. The maximum atomic E-state index is 10.9. The van der Waals surface area contributed by atoms with Crippen molar-refractivity contribution in [3.63, 3.8) is 0 Å². The number of carboxylic acid groups (broad SMARTS) is 1. The van der Waals surface area contributed by atoms with Crippen LogP contribution in [0.1, 0.15) is 6.92 Å². The van der Waals surface area contributed by atoms with Crippen LogP contribution in [0.25, 0.3) is 0 Å². The zero-order valence-corrected chi connectivity index (χ0v) is 11.3. The molecule has 1 saturated heterocycles. The van der Waals surface area contributed by atoms with Crippen molar-refractivity contribution < 1.29 is 19.4 Å². The maximum Gasteiger partial charge on any atom is 0.320 e. The molecule has 1 atom stereocenters. The van der Waals surface area contributed by atoms with Crippen molar-refractivity contribution in [3.05, 3.63) is 0 Å². The lowest BCUT2D eigenvalue weighted by Gasteiger charge is -2.36. The molecule has 0 radical (unpaired) electrons. The van der Waals surface area contributed by atoms with Crippen LogP contribution in [0, 0.1) is 0 Å². The summed E-state index contributed by atoms with van der Waals surface area (Å²) >= 11 is 0. The van der Waals surface area contributed by atoms with Gasteiger partial charge in [0.15, 0.2) is 0 Å². The molecule has 106 valence electrons. The van der Waals surface area contributed by atoms with Gasteiger partial charge in [-0.25, -0.2) is 0 Å². The highest BCUT2D eigenvalue weighted by Crippen LogP contribution is 2.06. The summed E-state index contributed by atoms with van der Waals surface area (Å²) in [7, 11) is 1.66. The van der Waals surface area contributed by atoms with Crippen LogP contribution >= 0.6 is 0 Å². The predicted octanol–water partition coefficient (Wildman–Crippen LogP) is -0.260. The Morgan fingerprint density at radius 2 is 1.89 bits per heavy atom. The Morgan fingerprint density at radius 3 is 2.44 bits per heavy atom. The number of carboxylic acids is 1. The second-order valence-corrected chi connectivity index (χ2v) is 4.50. The molecule has 0 spiro atoms. The highest BCUT2D eigenvalue weighted by atomic mass is 16.5. The minimum absolute atomic E-state index is 0.384. The molecule has 6 heteroatoms. The molecule has 1 aliphatic rings. The molecular formula is C12H24N2O4. The monoisotopic (exact) mass is 260 g/mol.